The molecule has 0 saturated carbocycles. The fraction of sp³-hybridized carbons (Fsp3) is 0.211. The van der Waals surface area contributed by atoms with Gasteiger partial charge in [-0.2, -0.15) is 0 Å². The molecule has 0 saturated heterocycles. The molecule has 1 aliphatic heterocycles. The Morgan fingerprint density at radius 1 is 1.28 bits per heavy atom. The molecule has 1 aromatic heterocycles. The first kappa shape index (κ1) is 16.9. The van der Waals surface area contributed by atoms with Gasteiger partial charge in [-0.15, -0.1) is 0 Å². The molecule has 3 N–H and O–H groups in total. The third-order valence-corrected chi connectivity index (χ3v) is 3.95. The third kappa shape index (κ3) is 4.10. The molecule has 2 aromatic rings. The highest BCUT2D eigenvalue weighted by Gasteiger charge is 2.24. The van der Waals surface area contributed by atoms with E-state index in [9.17, 15) is 4.79 Å². The quantitative estimate of drug-likeness (QED) is 0.644. The van der Waals surface area contributed by atoms with Gasteiger partial charge in [-0.25, -0.2) is 4.99 Å². The maximum absolute atomic E-state index is 12.3. The molecule has 0 spiro atoms. The lowest BCUT2D eigenvalue weighted by Crippen LogP contribution is -2.35. The highest BCUT2D eigenvalue weighted by Crippen LogP contribution is 2.16. The van der Waals surface area contributed by atoms with Crippen LogP contribution >= 0.6 is 0 Å². The van der Waals surface area contributed by atoms with Gasteiger partial charge in [0.2, 0.25) is 0 Å². The van der Waals surface area contributed by atoms with Gasteiger partial charge in [-0.3, -0.25) is 9.78 Å². The lowest BCUT2D eigenvalue weighted by atomic mass is 10.1. The van der Waals surface area contributed by atoms with Crippen LogP contribution in [0.5, 0.6) is 0 Å². The molecule has 0 bridgehead atoms. The first-order chi connectivity index (χ1) is 12.1. The summed E-state index contributed by atoms with van der Waals surface area (Å²) in [5.74, 6) is 0.0332. The van der Waals surface area contributed by atoms with Gasteiger partial charge in [-0.1, -0.05) is 18.2 Å². The van der Waals surface area contributed by atoms with Crippen LogP contribution in [0.1, 0.15) is 11.1 Å². The summed E-state index contributed by atoms with van der Waals surface area (Å²) < 4.78 is 5.35. The van der Waals surface area contributed by atoms with Crippen LogP contribution in [0.2, 0.25) is 0 Å². The van der Waals surface area contributed by atoms with Gasteiger partial charge in [-0.05, 0) is 36.2 Å². The topological polar surface area (TPSA) is 89.6 Å². The molecule has 0 fully saturated rings. The molecule has 0 radical (unpaired) electrons. The maximum Gasteiger partial charge on any atom is 0.194 e. The Morgan fingerprint density at radius 3 is 2.84 bits per heavy atom. The second kappa shape index (κ2) is 7.72. The van der Waals surface area contributed by atoms with Gasteiger partial charge in [0, 0.05) is 18.9 Å². The zero-order valence-electron chi connectivity index (χ0n) is 14.0. The number of hydrogen-bond donors (Lipinski definition) is 2. The summed E-state index contributed by atoms with van der Waals surface area (Å²) in [4.78, 5) is 20.8. The largest absolute Gasteiger partial charge is 0.383 e. The number of aryl methyl sites for hydroxylation is 1. The number of ketones is 1. The van der Waals surface area contributed by atoms with E-state index in [2.05, 4.69) is 15.3 Å². The zero-order chi connectivity index (χ0) is 17.6. The van der Waals surface area contributed by atoms with Gasteiger partial charge < -0.3 is 15.8 Å². The summed E-state index contributed by atoms with van der Waals surface area (Å²) in [6.45, 7) is 2.87. The number of pyridine rings is 1. The Balaban J connectivity index is 1.87. The number of rotatable bonds is 5. The number of ether oxygens (including phenoxy) is 1. The highest BCUT2D eigenvalue weighted by atomic mass is 16.5. The van der Waals surface area contributed by atoms with Crippen LogP contribution in [-0.2, 0) is 16.1 Å². The molecule has 2 heterocycles. The minimum Gasteiger partial charge on any atom is -0.383 e. The molecule has 6 heteroatoms. The lowest BCUT2D eigenvalue weighted by Gasteiger charge is -2.21. The fourth-order valence-electron chi connectivity index (χ4n) is 2.60. The van der Waals surface area contributed by atoms with Crippen molar-refractivity contribution in [3.05, 3.63) is 71.2 Å². The number of nitrogens with two attached hydrogens (primary N) is 1. The molecular formula is C19H20N4O2. The van der Waals surface area contributed by atoms with Crippen LogP contribution < -0.4 is 11.1 Å². The third-order valence-electron chi connectivity index (χ3n) is 3.95. The normalized spacial score (nSPS) is 15.4. The van der Waals surface area contributed by atoms with Crippen molar-refractivity contribution in [2.75, 3.05) is 13.2 Å². The molecule has 6 nitrogen and oxygen atoms in total. The average Bonchev–Trinajstić information content (AvgIpc) is 2.62. The zero-order valence-corrected chi connectivity index (χ0v) is 14.0. The number of Topliss-reactive ketones (excluding diaryl/α,β-unsaturated/α-hetero) is 1. The number of hydrogen-bond acceptors (Lipinski definition) is 5. The van der Waals surface area contributed by atoms with E-state index >= 15 is 0 Å². The van der Waals surface area contributed by atoms with Crippen molar-refractivity contribution in [3.8, 4) is 0 Å². The van der Waals surface area contributed by atoms with Crippen molar-refractivity contribution in [2.45, 2.75) is 13.5 Å². The van der Waals surface area contributed by atoms with Crippen molar-refractivity contribution >= 4 is 17.3 Å². The first-order valence-electron chi connectivity index (χ1n) is 8.02. The number of para-hydroxylation sites is 1. The molecule has 1 aliphatic rings. The molecule has 1 aromatic carbocycles. The van der Waals surface area contributed by atoms with Crippen molar-refractivity contribution in [1.29, 1.82) is 0 Å². The van der Waals surface area contributed by atoms with Gasteiger partial charge in [0.1, 0.15) is 12.4 Å². The van der Waals surface area contributed by atoms with Crippen molar-refractivity contribution < 1.29 is 9.53 Å². The number of aromatic nitrogens is 1. The van der Waals surface area contributed by atoms with E-state index in [0.29, 0.717) is 30.1 Å². The van der Waals surface area contributed by atoms with Gasteiger partial charge in [0.15, 0.2) is 5.78 Å². The first-order valence-corrected chi connectivity index (χ1v) is 8.02. The predicted octanol–water partition coefficient (Wildman–Crippen LogP) is 2.02. The van der Waals surface area contributed by atoms with Gasteiger partial charge in [0.25, 0.3) is 0 Å². The lowest BCUT2D eigenvalue weighted by molar-refractivity contribution is -0.120. The number of amidine groups is 1. The Kier molecular flexibility index (Phi) is 5.20. The second-order valence-corrected chi connectivity index (χ2v) is 5.76. The summed E-state index contributed by atoms with van der Waals surface area (Å²) >= 11 is 0. The number of aliphatic imine (C=N–C) groups is 1. The van der Waals surface area contributed by atoms with E-state index < -0.39 is 0 Å². The van der Waals surface area contributed by atoms with E-state index in [1.54, 1.807) is 12.4 Å². The summed E-state index contributed by atoms with van der Waals surface area (Å²) in [5, 5.41) is 3.27. The molecule has 3 rings (SSSR count). The van der Waals surface area contributed by atoms with E-state index in [-0.39, 0.29) is 18.2 Å². The van der Waals surface area contributed by atoms with Crippen LogP contribution in [0, 0.1) is 6.92 Å². The van der Waals surface area contributed by atoms with Crippen molar-refractivity contribution in [2.24, 2.45) is 10.7 Å². The van der Waals surface area contributed by atoms with Crippen LogP contribution in [0.3, 0.4) is 0 Å². The summed E-state index contributed by atoms with van der Waals surface area (Å²) in [7, 11) is 0. The molecule has 0 unspecified atom stereocenters. The van der Waals surface area contributed by atoms with E-state index in [4.69, 9.17) is 10.5 Å². The molecule has 0 amide bonds. The summed E-state index contributed by atoms with van der Waals surface area (Å²) in [5.41, 5.74) is 10.1. The Bertz CT molecular complexity index is 828. The van der Waals surface area contributed by atoms with Crippen LogP contribution in [0.25, 0.3) is 0 Å². The Labute approximate surface area is 146 Å². The minimum atomic E-state index is -0.169. The molecule has 128 valence electrons. The van der Waals surface area contributed by atoms with E-state index in [0.717, 1.165) is 11.1 Å². The molecule has 25 heavy (non-hydrogen) atoms. The van der Waals surface area contributed by atoms with Crippen molar-refractivity contribution in [3.63, 3.8) is 0 Å². The smallest absolute Gasteiger partial charge is 0.194 e. The fourth-order valence-corrected chi connectivity index (χ4v) is 2.60. The van der Waals surface area contributed by atoms with E-state index in [1.165, 1.54) is 0 Å². The second-order valence-electron chi connectivity index (χ2n) is 5.76. The molecule has 0 aliphatic carbocycles. The summed E-state index contributed by atoms with van der Waals surface area (Å²) in [6, 6.07) is 11.3. The van der Waals surface area contributed by atoms with Crippen molar-refractivity contribution in [1.82, 2.24) is 10.3 Å². The Hall–Kier alpha value is -2.99. The van der Waals surface area contributed by atoms with Crippen LogP contribution in [0.4, 0.5) is 5.69 Å². The van der Waals surface area contributed by atoms with Gasteiger partial charge >= 0.3 is 0 Å². The minimum absolute atomic E-state index is 0.0137. The number of nitrogens with one attached hydrogen (secondary N) is 1. The summed E-state index contributed by atoms with van der Waals surface area (Å²) in [6.07, 6.45) is 3.55. The van der Waals surface area contributed by atoms with Gasteiger partial charge in [0.05, 0.1) is 23.6 Å². The standard InChI is InChI=1S/C19H20N4O2/c1-13-9-21-8-7-14(13)10-22-16-11-25-12-17(24)18(16)19(20)23-15-5-3-2-4-6-15/h2-9,22H,10-12H2,1H3,(H2,20,23). The Morgan fingerprint density at radius 2 is 2.08 bits per heavy atom. The highest BCUT2D eigenvalue weighted by molar-refractivity contribution is 6.22. The van der Waals surface area contributed by atoms with Crippen LogP contribution in [0.15, 0.2) is 65.1 Å². The number of benzene rings is 1. The predicted molar refractivity (Wildman–Crippen MR) is 96.4 cm³/mol. The maximum atomic E-state index is 12.3. The number of carbonyl (C=O) groups is 1. The average molecular weight is 336 g/mol. The monoisotopic (exact) mass is 336 g/mol. The van der Waals surface area contributed by atoms with Crippen LogP contribution in [-0.4, -0.2) is 29.8 Å². The number of nitrogens with zero attached hydrogens (tertiary/aromatic N) is 2. The molecule has 0 atom stereocenters. The number of carbonyl (C=O) groups excluding carboxylic acids is 1. The SMILES string of the molecule is Cc1cnccc1CNC1=C(C(N)=Nc2ccccc2)C(=O)COC1. The molecular weight excluding hydrogens is 316 g/mol. The van der Waals surface area contributed by atoms with E-state index in [1.807, 2.05) is 43.3 Å².